The van der Waals surface area contributed by atoms with Crippen LogP contribution in [0.25, 0.3) is 0 Å². The van der Waals surface area contributed by atoms with Gasteiger partial charge in [-0.05, 0) is 26.3 Å². The molecule has 2 aliphatic heterocycles. The maximum absolute atomic E-state index is 11.9. The number of sulfonamides is 1. The van der Waals surface area contributed by atoms with Gasteiger partial charge in [0, 0.05) is 18.7 Å². The minimum Gasteiger partial charge on any atom is -0.333 e. The number of fused-ring (bicyclic) bond motifs is 1. The molecule has 0 unspecified atom stereocenters. The van der Waals surface area contributed by atoms with Crippen LogP contribution in [0.1, 0.15) is 27.2 Å². The standard InChI is InChI=1S/C12H19N3O3S/c1-7-8(2)13-9(3)15-6-10(5-11(7)15)12(16)14-19(4,17)18/h8,10H,5-6H2,1-4H3,(H,14,16)/t8-,10-/m0/s1. The van der Waals surface area contributed by atoms with Gasteiger partial charge in [-0.2, -0.15) is 0 Å². The highest BCUT2D eigenvalue weighted by atomic mass is 32.2. The molecule has 1 amide bonds. The lowest BCUT2D eigenvalue weighted by Gasteiger charge is -2.28. The summed E-state index contributed by atoms with van der Waals surface area (Å²) in [6.45, 7) is 6.45. The lowest BCUT2D eigenvalue weighted by Crippen LogP contribution is -2.37. The van der Waals surface area contributed by atoms with Crippen LogP contribution in [0, 0.1) is 5.92 Å². The number of carbonyl (C=O) groups is 1. The summed E-state index contributed by atoms with van der Waals surface area (Å²) in [6, 6.07) is 0.128. The molecule has 0 aromatic rings. The van der Waals surface area contributed by atoms with Crippen LogP contribution >= 0.6 is 0 Å². The fourth-order valence-electron chi connectivity index (χ4n) is 2.57. The van der Waals surface area contributed by atoms with Crippen LogP contribution < -0.4 is 4.72 Å². The van der Waals surface area contributed by atoms with Crippen LogP contribution in [0.3, 0.4) is 0 Å². The van der Waals surface area contributed by atoms with E-state index in [0.717, 1.165) is 23.4 Å². The van der Waals surface area contributed by atoms with Crippen molar-refractivity contribution in [2.75, 3.05) is 12.8 Å². The molecule has 2 rings (SSSR count). The highest BCUT2D eigenvalue weighted by Crippen LogP contribution is 2.34. The van der Waals surface area contributed by atoms with Crippen LogP contribution in [-0.2, 0) is 14.8 Å². The van der Waals surface area contributed by atoms with E-state index in [2.05, 4.69) is 9.71 Å². The zero-order chi connectivity index (χ0) is 14.4. The second-order valence-corrected chi connectivity index (χ2v) is 6.98. The Labute approximate surface area is 113 Å². The lowest BCUT2D eigenvalue weighted by atomic mass is 10.0. The van der Waals surface area contributed by atoms with E-state index in [1.54, 1.807) is 0 Å². The molecule has 1 saturated heterocycles. The van der Waals surface area contributed by atoms with Crippen molar-refractivity contribution in [1.82, 2.24) is 9.62 Å². The van der Waals surface area contributed by atoms with Crippen LogP contribution in [0.2, 0.25) is 0 Å². The highest BCUT2D eigenvalue weighted by Gasteiger charge is 2.37. The summed E-state index contributed by atoms with van der Waals surface area (Å²) >= 11 is 0. The minimum absolute atomic E-state index is 0.128. The van der Waals surface area contributed by atoms with Crippen molar-refractivity contribution >= 4 is 21.8 Å². The Bertz CT molecular complexity index is 577. The van der Waals surface area contributed by atoms with Gasteiger partial charge in [0.15, 0.2) is 0 Å². The molecule has 19 heavy (non-hydrogen) atoms. The van der Waals surface area contributed by atoms with Crippen molar-refractivity contribution in [1.29, 1.82) is 0 Å². The van der Waals surface area contributed by atoms with Crippen molar-refractivity contribution in [3.63, 3.8) is 0 Å². The topological polar surface area (TPSA) is 78.8 Å². The summed E-state index contributed by atoms with van der Waals surface area (Å²) in [5.41, 5.74) is 2.26. The molecule has 0 saturated carbocycles. The monoisotopic (exact) mass is 285 g/mol. The van der Waals surface area contributed by atoms with Gasteiger partial charge in [0.25, 0.3) is 0 Å². The number of carbonyl (C=O) groups excluding carboxylic acids is 1. The normalized spacial score (nSPS) is 27.2. The van der Waals surface area contributed by atoms with Crippen molar-refractivity contribution in [2.45, 2.75) is 33.2 Å². The fraction of sp³-hybridized carbons (Fsp3) is 0.667. The third kappa shape index (κ3) is 2.80. The van der Waals surface area contributed by atoms with E-state index in [0.29, 0.717) is 13.0 Å². The average Bonchev–Trinajstić information content (AvgIpc) is 2.69. The van der Waals surface area contributed by atoms with Gasteiger partial charge in [-0.15, -0.1) is 0 Å². The molecule has 0 aromatic heterocycles. The zero-order valence-electron chi connectivity index (χ0n) is 11.6. The molecule has 0 bridgehead atoms. The minimum atomic E-state index is -3.50. The molecule has 0 aromatic carbocycles. The van der Waals surface area contributed by atoms with Gasteiger partial charge in [0.1, 0.15) is 5.84 Å². The third-order valence-corrected chi connectivity index (χ3v) is 4.25. The van der Waals surface area contributed by atoms with E-state index < -0.39 is 15.9 Å². The molecule has 1 N–H and O–H groups in total. The second kappa shape index (κ2) is 4.63. The van der Waals surface area contributed by atoms with Gasteiger partial charge in [-0.25, -0.2) is 8.42 Å². The number of hydrogen-bond donors (Lipinski definition) is 1. The summed E-state index contributed by atoms with van der Waals surface area (Å²) in [5, 5.41) is 0. The van der Waals surface area contributed by atoms with Crippen LogP contribution in [0.5, 0.6) is 0 Å². The highest BCUT2D eigenvalue weighted by molar-refractivity contribution is 7.89. The van der Waals surface area contributed by atoms with Crippen LogP contribution in [0.4, 0.5) is 0 Å². The number of aliphatic imine (C=N–C) groups is 1. The Morgan fingerprint density at radius 3 is 2.63 bits per heavy atom. The molecular weight excluding hydrogens is 266 g/mol. The largest absolute Gasteiger partial charge is 0.333 e. The van der Waals surface area contributed by atoms with Crippen molar-refractivity contribution in [3.05, 3.63) is 11.3 Å². The smallest absolute Gasteiger partial charge is 0.238 e. The molecular formula is C12H19N3O3S. The molecule has 106 valence electrons. The van der Waals surface area contributed by atoms with E-state index >= 15 is 0 Å². The maximum Gasteiger partial charge on any atom is 0.238 e. The van der Waals surface area contributed by atoms with E-state index in [4.69, 9.17) is 0 Å². The summed E-state index contributed by atoms with van der Waals surface area (Å²) in [5.74, 6) is 0.121. The Balaban J connectivity index is 2.20. The van der Waals surface area contributed by atoms with Crippen molar-refractivity contribution in [3.8, 4) is 0 Å². The van der Waals surface area contributed by atoms with Gasteiger partial charge in [0.2, 0.25) is 15.9 Å². The van der Waals surface area contributed by atoms with Crippen molar-refractivity contribution < 1.29 is 13.2 Å². The Morgan fingerprint density at radius 2 is 2.05 bits per heavy atom. The molecule has 7 heteroatoms. The van der Waals surface area contributed by atoms with E-state index in [1.807, 2.05) is 25.7 Å². The first-order valence-corrected chi connectivity index (χ1v) is 8.11. The molecule has 6 nitrogen and oxygen atoms in total. The quantitative estimate of drug-likeness (QED) is 0.800. The number of amidine groups is 1. The number of allylic oxidation sites excluding steroid dienone is 1. The van der Waals surface area contributed by atoms with Gasteiger partial charge in [0.05, 0.1) is 18.2 Å². The van der Waals surface area contributed by atoms with Crippen molar-refractivity contribution in [2.24, 2.45) is 10.9 Å². The van der Waals surface area contributed by atoms with E-state index in [1.165, 1.54) is 0 Å². The summed E-state index contributed by atoms with van der Waals surface area (Å²) in [6.07, 6.45) is 1.57. The fourth-order valence-corrected chi connectivity index (χ4v) is 3.10. The predicted octanol–water partition coefficient (Wildman–Crippen LogP) is 0.479. The maximum atomic E-state index is 11.9. The molecule has 2 heterocycles. The predicted molar refractivity (Wildman–Crippen MR) is 73.1 cm³/mol. The number of rotatable bonds is 2. The van der Waals surface area contributed by atoms with E-state index in [9.17, 15) is 13.2 Å². The zero-order valence-corrected chi connectivity index (χ0v) is 12.4. The summed E-state index contributed by atoms with van der Waals surface area (Å²) in [4.78, 5) is 18.4. The van der Waals surface area contributed by atoms with E-state index in [-0.39, 0.29) is 12.0 Å². The Morgan fingerprint density at radius 1 is 1.42 bits per heavy atom. The second-order valence-electron chi connectivity index (χ2n) is 5.23. The molecule has 0 spiro atoms. The third-order valence-electron chi connectivity index (χ3n) is 3.68. The van der Waals surface area contributed by atoms with Gasteiger partial charge in [-0.1, -0.05) is 0 Å². The Hall–Kier alpha value is -1.37. The van der Waals surface area contributed by atoms with Crippen LogP contribution in [0.15, 0.2) is 16.3 Å². The van der Waals surface area contributed by atoms with Crippen LogP contribution in [-0.4, -0.2) is 43.9 Å². The number of amides is 1. The number of nitrogens with zero attached hydrogens (tertiary/aromatic N) is 2. The molecule has 0 aliphatic carbocycles. The molecule has 1 fully saturated rings. The first-order valence-electron chi connectivity index (χ1n) is 6.22. The molecule has 2 atom stereocenters. The lowest BCUT2D eigenvalue weighted by molar-refractivity contribution is -0.122. The summed E-state index contributed by atoms with van der Waals surface area (Å²) < 4.78 is 24.3. The molecule has 2 aliphatic rings. The Kier molecular flexibility index (Phi) is 3.42. The first-order chi connectivity index (χ1) is 8.69. The number of hydrogen-bond acceptors (Lipinski definition) is 5. The van der Waals surface area contributed by atoms with Gasteiger partial charge < -0.3 is 4.90 Å². The number of nitrogens with one attached hydrogen (secondary N) is 1. The summed E-state index contributed by atoms with van der Waals surface area (Å²) in [7, 11) is -3.50. The van der Waals surface area contributed by atoms with Gasteiger partial charge >= 0.3 is 0 Å². The molecule has 0 radical (unpaired) electrons. The first kappa shape index (κ1) is 14.0. The SMILES string of the molecule is CC1=N[C@@H](C)C(C)=C2C[C@H](C(=O)NS(C)(=O)=O)CN12. The van der Waals surface area contributed by atoms with Gasteiger partial charge in [-0.3, -0.25) is 14.5 Å². The average molecular weight is 285 g/mol.